The Hall–Kier alpha value is -4.29. The molecule has 0 unspecified atom stereocenters. The van der Waals surface area contributed by atoms with Crippen LogP contribution in [0.25, 0.3) is 16.9 Å². The lowest BCUT2D eigenvalue weighted by Gasteiger charge is -2.25. The van der Waals surface area contributed by atoms with Gasteiger partial charge in [0, 0.05) is 28.7 Å². The van der Waals surface area contributed by atoms with Crippen molar-refractivity contribution < 1.29 is 5.11 Å². The van der Waals surface area contributed by atoms with Crippen LogP contribution < -0.4 is 5.32 Å². The number of dihydropyridines is 1. The predicted octanol–water partition coefficient (Wildman–Crippen LogP) is 4.53. The van der Waals surface area contributed by atoms with E-state index in [-0.39, 0.29) is 5.75 Å². The van der Waals surface area contributed by atoms with Gasteiger partial charge in [-0.1, -0.05) is 30.3 Å². The van der Waals surface area contributed by atoms with E-state index in [0.29, 0.717) is 33.8 Å². The SMILES string of the molecule is CC1=C(C#N)C(c2cn(-c3ccccc3)nc2-c2cccc(O)c2)C(C#N)=C(C)N1. The van der Waals surface area contributed by atoms with E-state index in [9.17, 15) is 15.6 Å². The zero-order chi connectivity index (χ0) is 21.3. The lowest BCUT2D eigenvalue weighted by Crippen LogP contribution is -2.23. The monoisotopic (exact) mass is 393 g/mol. The van der Waals surface area contributed by atoms with Crippen LogP contribution in [0.2, 0.25) is 0 Å². The molecule has 4 rings (SSSR count). The lowest BCUT2D eigenvalue weighted by atomic mass is 9.81. The largest absolute Gasteiger partial charge is 0.508 e. The normalized spacial score (nSPS) is 14.3. The van der Waals surface area contributed by atoms with Gasteiger partial charge in [0.05, 0.1) is 40.6 Å². The summed E-state index contributed by atoms with van der Waals surface area (Å²) in [6, 6.07) is 21.0. The number of phenols is 1. The highest BCUT2D eigenvalue weighted by Gasteiger charge is 2.33. The van der Waals surface area contributed by atoms with E-state index in [4.69, 9.17) is 5.10 Å². The highest BCUT2D eigenvalue weighted by molar-refractivity contribution is 5.70. The number of hydrogen-bond acceptors (Lipinski definition) is 5. The summed E-state index contributed by atoms with van der Waals surface area (Å²) in [6.45, 7) is 3.66. The molecule has 1 aliphatic rings. The molecule has 146 valence electrons. The minimum Gasteiger partial charge on any atom is -0.508 e. The summed E-state index contributed by atoms with van der Waals surface area (Å²) in [7, 11) is 0. The molecule has 6 nitrogen and oxygen atoms in total. The zero-order valence-corrected chi connectivity index (χ0v) is 16.6. The minimum absolute atomic E-state index is 0.123. The van der Waals surface area contributed by atoms with Crippen molar-refractivity contribution in [3.63, 3.8) is 0 Å². The summed E-state index contributed by atoms with van der Waals surface area (Å²) < 4.78 is 1.74. The van der Waals surface area contributed by atoms with Crippen LogP contribution in [0.4, 0.5) is 0 Å². The van der Waals surface area contributed by atoms with E-state index in [0.717, 1.165) is 11.3 Å². The number of para-hydroxylation sites is 1. The maximum Gasteiger partial charge on any atom is 0.116 e. The fourth-order valence-corrected chi connectivity index (χ4v) is 3.79. The molecular formula is C24H19N5O. The highest BCUT2D eigenvalue weighted by Crippen LogP contribution is 2.41. The minimum atomic E-state index is -0.545. The van der Waals surface area contributed by atoms with Crippen molar-refractivity contribution in [3.05, 3.63) is 88.9 Å². The second kappa shape index (κ2) is 7.62. The van der Waals surface area contributed by atoms with Gasteiger partial charge >= 0.3 is 0 Å². The van der Waals surface area contributed by atoms with Crippen molar-refractivity contribution in [1.82, 2.24) is 15.1 Å². The summed E-state index contributed by atoms with van der Waals surface area (Å²) in [5, 5.41) is 37.7. The smallest absolute Gasteiger partial charge is 0.116 e. The van der Waals surface area contributed by atoms with Gasteiger partial charge in [0.25, 0.3) is 0 Å². The van der Waals surface area contributed by atoms with Crippen LogP contribution >= 0.6 is 0 Å². The number of allylic oxidation sites excluding steroid dienone is 4. The van der Waals surface area contributed by atoms with Gasteiger partial charge in [-0.05, 0) is 38.1 Å². The van der Waals surface area contributed by atoms with Crippen LogP contribution in [0.5, 0.6) is 5.75 Å². The quantitative estimate of drug-likeness (QED) is 0.681. The molecule has 30 heavy (non-hydrogen) atoms. The number of aromatic nitrogens is 2. The number of phenolic OH excluding ortho intramolecular Hbond substituents is 1. The molecule has 3 aromatic rings. The third-order valence-electron chi connectivity index (χ3n) is 5.20. The predicted molar refractivity (Wildman–Crippen MR) is 113 cm³/mol. The number of aromatic hydroxyl groups is 1. The van der Waals surface area contributed by atoms with Crippen LogP contribution in [-0.4, -0.2) is 14.9 Å². The van der Waals surface area contributed by atoms with E-state index in [2.05, 4.69) is 17.5 Å². The van der Waals surface area contributed by atoms with Gasteiger partial charge in [0.2, 0.25) is 0 Å². The maximum atomic E-state index is 10.0. The molecule has 0 atom stereocenters. The van der Waals surface area contributed by atoms with Crippen molar-refractivity contribution in [2.24, 2.45) is 0 Å². The van der Waals surface area contributed by atoms with Gasteiger partial charge in [-0.2, -0.15) is 15.6 Å². The molecule has 2 heterocycles. The summed E-state index contributed by atoms with van der Waals surface area (Å²) in [5.41, 5.74) is 5.31. The van der Waals surface area contributed by atoms with Crippen molar-refractivity contribution in [1.29, 1.82) is 10.5 Å². The number of benzene rings is 2. The number of nitrogens with one attached hydrogen (secondary N) is 1. The third-order valence-corrected chi connectivity index (χ3v) is 5.20. The molecule has 2 aromatic carbocycles. The molecule has 0 saturated heterocycles. The van der Waals surface area contributed by atoms with E-state index in [1.807, 2.05) is 56.4 Å². The third kappa shape index (κ3) is 3.21. The first-order valence-electron chi connectivity index (χ1n) is 9.46. The summed E-state index contributed by atoms with van der Waals surface area (Å²) >= 11 is 0. The van der Waals surface area contributed by atoms with E-state index in [1.54, 1.807) is 22.9 Å². The Morgan fingerprint density at radius 1 is 0.967 bits per heavy atom. The molecule has 6 heteroatoms. The average Bonchev–Trinajstić information content (AvgIpc) is 3.19. The van der Waals surface area contributed by atoms with Crippen molar-refractivity contribution >= 4 is 0 Å². The molecule has 0 radical (unpaired) electrons. The van der Waals surface area contributed by atoms with E-state index >= 15 is 0 Å². The van der Waals surface area contributed by atoms with Gasteiger partial charge in [-0.15, -0.1) is 0 Å². The summed E-state index contributed by atoms with van der Waals surface area (Å²) in [4.78, 5) is 0. The highest BCUT2D eigenvalue weighted by atomic mass is 16.3. The molecule has 0 amide bonds. The molecule has 0 spiro atoms. The molecule has 1 aromatic heterocycles. The summed E-state index contributed by atoms with van der Waals surface area (Å²) in [5.74, 6) is -0.423. The van der Waals surface area contributed by atoms with Gasteiger partial charge in [-0.25, -0.2) is 4.68 Å². The Morgan fingerprint density at radius 3 is 2.23 bits per heavy atom. The molecule has 0 aliphatic carbocycles. The van der Waals surface area contributed by atoms with Crippen molar-refractivity contribution in [2.45, 2.75) is 19.8 Å². The fourth-order valence-electron chi connectivity index (χ4n) is 3.79. The zero-order valence-electron chi connectivity index (χ0n) is 16.6. The van der Waals surface area contributed by atoms with Crippen LogP contribution in [0.15, 0.2) is 83.3 Å². The van der Waals surface area contributed by atoms with Crippen LogP contribution in [0.1, 0.15) is 25.3 Å². The van der Waals surface area contributed by atoms with Crippen LogP contribution in [0.3, 0.4) is 0 Å². The van der Waals surface area contributed by atoms with E-state index < -0.39 is 5.92 Å². The molecule has 0 saturated carbocycles. The standard InChI is InChI=1S/C24H19N5O/c1-15-20(12-25)23(21(13-26)16(2)27-15)22-14-29(18-8-4-3-5-9-18)28-24(22)17-7-6-10-19(30)11-17/h3-11,14,23,27,30H,1-2H3. The average molecular weight is 393 g/mol. The van der Waals surface area contributed by atoms with Gasteiger partial charge in [0.1, 0.15) is 5.75 Å². The molecule has 0 fully saturated rings. The van der Waals surface area contributed by atoms with Gasteiger partial charge < -0.3 is 10.4 Å². The molecular weight excluding hydrogens is 374 g/mol. The second-order valence-electron chi connectivity index (χ2n) is 7.12. The van der Waals surface area contributed by atoms with E-state index in [1.165, 1.54) is 0 Å². The van der Waals surface area contributed by atoms with Crippen LogP contribution in [0, 0.1) is 22.7 Å². The second-order valence-corrected chi connectivity index (χ2v) is 7.12. The number of nitrogens with zero attached hydrogens (tertiary/aromatic N) is 4. The van der Waals surface area contributed by atoms with Gasteiger partial charge in [-0.3, -0.25) is 0 Å². The first kappa shape index (κ1) is 19.0. The topological polar surface area (TPSA) is 97.7 Å². The van der Waals surface area contributed by atoms with Gasteiger partial charge in [0.15, 0.2) is 0 Å². The summed E-state index contributed by atoms with van der Waals surface area (Å²) in [6.07, 6.45) is 1.86. The first-order valence-corrected chi connectivity index (χ1v) is 9.46. The lowest BCUT2D eigenvalue weighted by molar-refractivity contribution is 0.475. The van der Waals surface area contributed by atoms with Crippen molar-refractivity contribution in [2.75, 3.05) is 0 Å². The molecule has 1 aliphatic heterocycles. The Morgan fingerprint density at radius 2 is 1.63 bits per heavy atom. The Kier molecular flexibility index (Phi) is 4.83. The Bertz CT molecular complexity index is 1230. The fraction of sp³-hybridized carbons (Fsp3) is 0.125. The number of nitriles is 2. The number of rotatable bonds is 3. The molecule has 2 N–H and O–H groups in total. The first-order chi connectivity index (χ1) is 14.5. The Balaban J connectivity index is 2.01. The maximum absolute atomic E-state index is 10.0. The molecule has 0 bridgehead atoms. The Labute approximate surface area is 174 Å². The van der Waals surface area contributed by atoms with Crippen LogP contribution in [-0.2, 0) is 0 Å². The number of hydrogen-bond donors (Lipinski definition) is 2. The van der Waals surface area contributed by atoms with Crippen molar-refractivity contribution in [3.8, 4) is 34.8 Å².